The van der Waals surface area contributed by atoms with Gasteiger partial charge in [-0.2, -0.15) is 5.26 Å². The summed E-state index contributed by atoms with van der Waals surface area (Å²) in [5.41, 5.74) is 1.69. The predicted octanol–water partition coefficient (Wildman–Crippen LogP) is 3.37. The van der Waals surface area contributed by atoms with E-state index in [0.717, 1.165) is 0 Å². The number of fused-ring (bicyclic) bond motifs is 1. The first-order valence-corrected chi connectivity index (χ1v) is 5.92. The number of carbonyl (C=O) groups excluding carboxylic acids is 1. The van der Waals surface area contributed by atoms with Crippen molar-refractivity contribution in [3.63, 3.8) is 0 Å². The van der Waals surface area contributed by atoms with Crippen LogP contribution in [0, 0.1) is 17.1 Å². The van der Waals surface area contributed by atoms with Crippen LogP contribution in [0.2, 0.25) is 0 Å². The molecule has 4 heteroatoms. The molecule has 0 atom stereocenters. The number of cyclic esters (lactones) is 1. The molecule has 0 saturated carbocycles. The van der Waals surface area contributed by atoms with Gasteiger partial charge in [0, 0.05) is 5.56 Å². The smallest absolute Gasteiger partial charge is 0.344 e. The molecule has 0 radical (unpaired) electrons. The Balaban J connectivity index is 2.05. The lowest BCUT2D eigenvalue weighted by Crippen LogP contribution is -1.92. The van der Waals surface area contributed by atoms with Gasteiger partial charge in [0.2, 0.25) is 0 Å². The highest BCUT2D eigenvalue weighted by molar-refractivity contribution is 6.05. The number of esters is 1. The fourth-order valence-electron chi connectivity index (χ4n) is 2.06. The van der Waals surface area contributed by atoms with Gasteiger partial charge in [-0.15, -0.1) is 0 Å². The molecule has 1 aliphatic heterocycles. The second kappa shape index (κ2) is 4.63. The second-order valence-electron chi connectivity index (χ2n) is 4.29. The Hall–Kier alpha value is -2.93. The average molecular weight is 265 g/mol. The molecular weight excluding hydrogens is 257 g/mol. The number of carbonyl (C=O) groups is 1. The molecule has 1 heterocycles. The van der Waals surface area contributed by atoms with E-state index in [0.29, 0.717) is 22.4 Å². The predicted molar refractivity (Wildman–Crippen MR) is 70.8 cm³/mol. The maximum Gasteiger partial charge on any atom is 0.344 e. The summed E-state index contributed by atoms with van der Waals surface area (Å²) in [5, 5.41) is 8.68. The van der Waals surface area contributed by atoms with Crippen molar-refractivity contribution in [2.45, 2.75) is 0 Å². The third-order valence-electron chi connectivity index (χ3n) is 3.03. The number of nitriles is 1. The molecule has 0 aliphatic carbocycles. The summed E-state index contributed by atoms with van der Waals surface area (Å²) >= 11 is 0. The van der Waals surface area contributed by atoms with Gasteiger partial charge in [0.25, 0.3) is 0 Å². The van der Waals surface area contributed by atoms with Crippen molar-refractivity contribution in [1.82, 2.24) is 0 Å². The molecule has 96 valence electrons. The molecule has 0 bridgehead atoms. The van der Waals surface area contributed by atoms with E-state index >= 15 is 0 Å². The molecule has 2 aromatic carbocycles. The zero-order chi connectivity index (χ0) is 14.1. The monoisotopic (exact) mass is 265 g/mol. The molecule has 0 spiro atoms. The van der Waals surface area contributed by atoms with Gasteiger partial charge in [-0.3, -0.25) is 0 Å². The lowest BCUT2D eigenvalue weighted by Gasteiger charge is -2.00. The Labute approximate surface area is 114 Å². The van der Waals surface area contributed by atoms with Crippen LogP contribution in [0.15, 0.2) is 42.5 Å². The Morgan fingerprint density at radius 3 is 2.60 bits per heavy atom. The van der Waals surface area contributed by atoms with Crippen LogP contribution in [0.25, 0.3) is 11.8 Å². The Morgan fingerprint density at radius 2 is 1.90 bits per heavy atom. The maximum absolute atomic E-state index is 13.5. The highest BCUT2D eigenvalue weighted by atomic mass is 19.1. The molecule has 3 nitrogen and oxygen atoms in total. The highest BCUT2D eigenvalue weighted by Crippen LogP contribution is 2.31. The van der Waals surface area contributed by atoms with Crippen molar-refractivity contribution in [3.05, 3.63) is 70.5 Å². The largest absolute Gasteiger partial charge is 0.422 e. The summed E-state index contributed by atoms with van der Waals surface area (Å²) in [6.07, 6.45) is 1.58. The van der Waals surface area contributed by atoms with Gasteiger partial charge in [0.1, 0.15) is 17.6 Å². The number of hydrogen-bond acceptors (Lipinski definition) is 3. The molecule has 3 rings (SSSR count). The number of rotatable bonds is 1. The second-order valence-corrected chi connectivity index (χ2v) is 4.29. The van der Waals surface area contributed by atoms with E-state index in [-0.39, 0.29) is 5.56 Å². The van der Waals surface area contributed by atoms with Crippen LogP contribution in [0.4, 0.5) is 4.39 Å². The highest BCUT2D eigenvalue weighted by Gasteiger charge is 2.25. The summed E-state index contributed by atoms with van der Waals surface area (Å²) in [7, 11) is 0. The summed E-state index contributed by atoms with van der Waals surface area (Å²) < 4.78 is 18.7. The van der Waals surface area contributed by atoms with Gasteiger partial charge < -0.3 is 4.74 Å². The molecule has 0 amide bonds. The molecule has 0 aromatic heterocycles. The summed E-state index contributed by atoms with van der Waals surface area (Å²) in [4.78, 5) is 11.7. The van der Waals surface area contributed by atoms with E-state index in [9.17, 15) is 9.18 Å². The third kappa shape index (κ3) is 1.95. The van der Waals surface area contributed by atoms with Crippen molar-refractivity contribution >= 4 is 17.8 Å². The third-order valence-corrected chi connectivity index (χ3v) is 3.03. The number of halogens is 1. The van der Waals surface area contributed by atoms with E-state index in [1.807, 2.05) is 0 Å². The minimum Gasteiger partial charge on any atom is -0.422 e. The summed E-state index contributed by atoms with van der Waals surface area (Å²) in [5.74, 6) is -0.630. The molecule has 1 aliphatic rings. The van der Waals surface area contributed by atoms with Crippen LogP contribution in [-0.2, 0) is 4.74 Å². The zero-order valence-corrected chi connectivity index (χ0v) is 10.3. The lowest BCUT2D eigenvalue weighted by atomic mass is 10.1. The van der Waals surface area contributed by atoms with E-state index < -0.39 is 11.8 Å². The first-order valence-electron chi connectivity index (χ1n) is 5.92. The maximum atomic E-state index is 13.5. The van der Waals surface area contributed by atoms with Gasteiger partial charge in [-0.25, -0.2) is 9.18 Å². The normalized spacial score (nSPS) is 14.8. The Morgan fingerprint density at radius 1 is 1.15 bits per heavy atom. The van der Waals surface area contributed by atoms with Crippen LogP contribution in [0.5, 0.6) is 0 Å². The fourth-order valence-corrected chi connectivity index (χ4v) is 2.06. The summed E-state index contributed by atoms with van der Waals surface area (Å²) in [6.45, 7) is 0. The first kappa shape index (κ1) is 12.1. The number of hydrogen-bond donors (Lipinski definition) is 0. The fraction of sp³-hybridized carbons (Fsp3) is 0. The van der Waals surface area contributed by atoms with E-state index in [4.69, 9.17) is 10.00 Å². The van der Waals surface area contributed by atoms with Crippen molar-refractivity contribution < 1.29 is 13.9 Å². The molecule has 0 fully saturated rings. The van der Waals surface area contributed by atoms with Crippen LogP contribution in [0.3, 0.4) is 0 Å². The van der Waals surface area contributed by atoms with Crippen molar-refractivity contribution in [2.24, 2.45) is 0 Å². The molecular formula is C16H8FNO2. The van der Waals surface area contributed by atoms with Gasteiger partial charge >= 0.3 is 5.97 Å². The summed E-state index contributed by atoms with van der Waals surface area (Å²) in [6, 6.07) is 13.0. The zero-order valence-electron chi connectivity index (χ0n) is 10.3. The van der Waals surface area contributed by atoms with Gasteiger partial charge in [0.15, 0.2) is 0 Å². The molecule has 0 N–H and O–H groups in total. The van der Waals surface area contributed by atoms with Gasteiger partial charge in [0.05, 0.1) is 11.1 Å². The average Bonchev–Trinajstić information content (AvgIpc) is 2.76. The minimum absolute atomic E-state index is 0.0176. The van der Waals surface area contributed by atoms with Crippen LogP contribution < -0.4 is 0 Å². The number of ether oxygens (including phenoxy) is 1. The number of benzene rings is 2. The SMILES string of the molecule is N#Cc1ccc(C=C2OC(=O)c3ccccc32)cc1F. The lowest BCUT2D eigenvalue weighted by molar-refractivity contribution is 0.0717. The van der Waals surface area contributed by atoms with Crippen LogP contribution in [-0.4, -0.2) is 5.97 Å². The standard InChI is InChI=1S/C16H8FNO2/c17-14-7-10(5-6-11(14)9-18)8-15-12-3-1-2-4-13(12)16(19)20-15/h1-8H. The van der Waals surface area contributed by atoms with Crippen LogP contribution in [0.1, 0.15) is 27.0 Å². The van der Waals surface area contributed by atoms with Crippen molar-refractivity contribution in [1.29, 1.82) is 5.26 Å². The van der Waals surface area contributed by atoms with E-state index in [1.165, 1.54) is 12.1 Å². The molecule has 20 heavy (non-hydrogen) atoms. The Kier molecular flexibility index (Phi) is 2.81. The van der Waals surface area contributed by atoms with E-state index in [1.54, 1.807) is 42.5 Å². The first-order chi connectivity index (χ1) is 9.69. The molecule has 0 saturated heterocycles. The van der Waals surface area contributed by atoms with E-state index in [2.05, 4.69) is 0 Å². The van der Waals surface area contributed by atoms with Crippen LogP contribution >= 0.6 is 0 Å². The van der Waals surface area contributed by atoms with Gasteiger partial charge in [-0.1, -0.05) is 24.3 Å². The van der Waals surface area contributed by atoms with Crippen molar-refractivity contribution in [3.8, 4) is 6.07 Å². The van der Waals surface area contributed by atoms with Crippen molar-refractivity contribution in [2.75, 3.05) is 0 Å². The minimum atomic E-state index is -0.598. The molecule has 2 aromatic rings. The number of nitrogens with zero attached hydrogens (tertiary/aromatic N) is 1. The van der Waals surface area contributed by atoms with Gasteiger partial charge in [-0.05, 0) is 29.8 Å². The molecule has 0 unspecified atom stereocenters. The topological polar surface area (TPSA) is 50.1 Å². The quantitative estimate of drug-likeness (QED) is 0.743. The Bertz CT molecular complexity index is 787.